The quantitative estimate of drug-likeness (QED) is 0.573. The second-order valence-electron chi connectivity index (χ2n) is 8.67. The van der Waals surface area contributed by atoms with E-state index < -0.39 is 0 Å². The van der Waals surface area contributed by atoms with Crippen LogP contribution in [0.15, 0.2) is 78.9 Å². The molecule has 33 heavy (non-hydrogen) atoms. The van der Waals surface area contributed by atoms with Gasteiger partial charge in [0, 0.05) is 30.4 Å². The van der Waals surface area contributed by atoms with Crippen molar-refractivity contribution in [1.29, 1.82) is 0 Å². The summed E-state index contributed by atoms with van der Waals surface area (Å²) in [6.45, 7) is 5.53. The molecule has 0 bridgehead atoms. The second-order valence-corrected chi connectivity index (χ2v) is 8.67. The maximum Gasteiger partial charge on any atom is 0.253 e. The van der Waals surface area contributed by atoms with Gasteiger partial charge in [-0.3, -0.25) is 9.59 Å². The first kappa shape index (κ1) is 22.6. The van der Waals surface area contributed by atoms with Crippen LogP contribution in [0.2, 0.25) is 0 Å². The number of carbonyl (C=O) groups is 2. The van der Waals surface area contributed by atoms with Crippen molar-refractivity contribution >= 4 is 17.5 Å². The SMILES string of the molecule is Cc1ccccc1C(=O)NC1CCN(c2ccccc2C(=O)N[C@H](C)c2ccccc2)CC1. The molecule has 170 valence electrons. The van der Waals surface area contributed by atoms with Crippen LogP contribution >= 0.6 is 0 Å². The highest BCUT2D eigenvalue weighted by Gasteiger charge is 2.25. The molecular weight excluding hydrogens is 410 g/mol. The van der Waals surface area contributed by atoms with Gasteiger partial charge in [-0.2, -0.15) is 0 Å². The number of piperidine rings is 1. The molecule has 4 rings (SSSR count). The largest absolute Gasteiger partial charge is 0.371 e. The zero-order chi connectivity index (χ0) is 23.2. The number of amides is 2. The zero-order valence-electron chi connectivity index (χ0n) is 19.3. The molecule has 1 heterocycles. The highest BCUT2D eigenvalue weighted by Crippen LogP contribution is 2.25. The van der Waals surface area contributed by atoms with Gasteiger partial charge in [0.25, 0.3) is 11.8 Å². The predicted molar refractivity (Wildman–Crippen MR) is 133 cm³/mol. The molecule has 3 aromatic carbocycles. The third kappa shape index (κ3) is 5.43. The summed E-state index contributed by atoms with van der Waals surface area (Å²) in [7, 11) is 0. The summed E-state index contributed by atoms with van der Waals surface area (Å²) >= 11 is 0. The number of carbonyl (C=O) groups excluding carboxylic acids is 2. The van der Waals surface area contributed by atoms with Gasteiger partial charge in [-0.15, -0.1) is 0 Å². The van der Waals surface area contributed by atoms with Crippen LogP contribution in [-0.4, -0.2) is 30.9 Å². The maximum absolute atomic E-state index is 13.1. The fraction of sp³-hybridized carbons (Fsp3) is 0.286. The molecule has 5 heteroatoms. The number of hydrogen-bond donors (Lipinski definition) is 2. The molecule has 1 aliphatic rings. The first-order valence-corrected chi connectivity index (χ1v) is 11.6. The Hall–Kier alpha value is -3.60. The summed E-state index contributed by atoms with van der Waals surface area (Å²) in [5, 5.41) is 6.31. The molecule has 0 aliphatic carbocycles. The molecule has 2 N–H and O–H groups in total. The Bertz CT molecular complexity index is 1100. The van der Waals surface area contributed by atoms with Crippen molar-refractivity contribution in [1.82, 2.24) is 10.6 Å². The van der Waals surface area contributed by atoms with Crippen LogP contribution < -0.4 is 15.5 Å². The van der Waals surface area contributed by atoms with Crippen molar-refractivity contribution in [2.75, 3.05) is 18.0 Å². The highest BCUT2D eigenvalue weighted by atomic mass is 16.2. The van der Waals surface area contributed by atoms with Gasteiger partial charge in [-0.25, -0.2) is 0 Å². The average molecular weight is 442 g/mol. The standard InChI is InChI=1S/C28H31N3O2/c1-20-10-6-7-13-24(20)27(32)30-23-16-18-31(19-17-23)26-15-9-8-14-25(26)28(33)29-21(2)22-11-4-3-5-12-22/h3-15,21,23H,16-19H2,1-2H3,(H,29,33)(H,30,32)/t21-/m1/s1. The summed E-state index contributed by atoms with van der Waals surface area (Å²) in [6.07, 6.45) is 1.68. The van der Waals surface area contributed by atoms with E-state index in [0.717, 1.165) is 48.3 Å². The minimum absolute atomic E-state index is 0.0128. The number of hydrogen-bond acceptors (Lipinski definition) is 3. The Morgan fingerprint density at radius 1 is 0.818 bits per heavy atom. The van der Waals surface area contributed by atoms with E-state index >= 15 is 0 Å². The van der Waals surface area contributed by atoms with Gasteiger partial charge < -0.3 is 15.5 Å². The number of aryl methyl sites for hydroxylation is 1. The van der Waals surface area contributed by atoms with E-state index in [9.17, 15) is 9.59 Å². The van der Waals surface area contributed by atoms with Gasteiger partial charge in [0.2, 0.25) is 0 Å². The van der Waals surface area contributed by atoms with Crippen LogP contribution in [0.4, 0.5) is 5.69 Å². The minimum atomic E-state index is -0.0749. The van der Waals surface area contributed by atoms with Crippen molar-refractivity contribution < 1.29 is 9.59 Å². The molecule has 0 saturated carbocycles. The molecule has 0 unspecified atom stereocenters. The van der Waals surface area contributed by atoms with E-state index in [1.807, 2.05) is 92.7 Å². The molecular formula is C28H31N3O2. The fourth-order valence-corrected chi connectivity index (χ4v) is 4.40. The zero-order valence-corrected chi connectivity index (χ0v) is 19.3. The summed E-state index contributed by atoms with van der Waals surface area (Å²) < 4.78 is 0. The molecule has 1 saturated heterocycles. The van der Waals surface area contributed by atoms with Crippen LogP contribution in [0, 0.1) is 6.92 Å². The molecule has 5 nitrogen and oxygen atoms in total. The number of para-hydroxylation sites is 1. The van der Waals surface area contributed by atoms with Crippen molar-refractivity contribution in [3.8, 4) is 0 Å². The molecule has 0 aromatic heterocycles. The van der Waals surface area contributed by atoms with Gasteiger partial charge in [-0.05, 0) is 56.0 Å². The third-order valence-electron chi connectivity index (χ3n) is 6.36. The summed E-state index contributed by atoms with van der Waals surface area (Å²) in [6, 6.07) is 25.5. The van der Waals surface area contributed by atoms with Crippen LogP contribution in [0.5, 0.6) is 0 Å². The van der Waals surface area contributed by atoms with Gasteiger partial charge in [0.15, 0.2) is 0 Å². The lowest BCUT2D eigenvalue weighted by Gasteiger charge is -2.35. The molecule has 1 atom stereocenters. The van der Waals surface area contributed by atoms with Crippen molar-refractivity contribution in [3.05, 3.63) is 101 Å². The van der Waals surface area contributed by atoms with Gasteiger partial charge in [0.1, 0.15) is 0 Å². The Balaban J connectivity index is 1.38. The van der Waals surface area contributed by atoms with Crippen molar-refractivity contribution in [3.63, 3.8) is 0 Å². The Kier molecular flexibility index (Phi) is 7.08. The van der Waals surface area contributed by atoms with E-state index in [2.05, 4.69) is 15.5 Å². The van der Waals surface area contributed by atoms with Gasteiger partial charge >= 0.3 is 0 Å². The molecule has 1 aliphatic heterocycles. The summed E-state index contributed by atoms with van der Waals surface area (Å²) in [5.74, 6) is -0.0850. The number of nitrogens with zero attached hydrogens (tertiary/aromatic N) is 1. The molecule has 0 spiro atoms. The number of rotatable bonds is 6. The lowest BCUT2D eigenvalue weighted by molar-refractivity contribution is 0.0927. The van der Waals surface area contributed by atoms with E-state index in [-0.39, 0.29) is 23.9 Å². The smallest absolute Gasteiger partial charge is 0.253 e. The number of benzene rings is 3. The van der Waals surface area contributed by atoms with Crippen LogP contribution in [0.1, 0.15) is 57.7 Å². The Morgan fingerprint density at radius 2 is 1.42 bits per heavy atom. The third-order valence-corrected chi connectivity index (χ3v) is 6.36. The average Bonchev–Trinajstić information content (AvgIpc) is 2.85. The van der Waals surface area contributed by atoms with E-state index in [1.54, 1.807) is 0 Å². The van der Waals surface area contributed by atoms with Crippen LogP contribution in [-0.2, 0) is 0 Å². The molecule has 0 radical (unpaired) electrons. The molecule has 1 fully saturated rings. The minimum Gasteiger partial charge on any atom is -0.371 e. The summed E-state index contributed by atoms with van der Waals surface area (Å²) in [5.41, 5.74) is 4.42. The topological polar surface area (TPSA) is 61.4 Å². The number of nitrogens with one attached hydrogen (secondary N) is 2. The first-order valence-electron chi connectivity index (χ1n) is 11.6. The predicted octanol–water partition coefficient (Wildman–Crippen LogP) is 4.88. The van der Waals surface area contributed by atoms with E-state index in [0.29, 0.717) is 5.56 Å². The monoisotopic (exact) mass is 441 g/mol. The normalized spacial score (nSPS) is 15.0. The maximum atomic E-state index is 13.1. The summed E-state index contributed by atoms with van der Waals surface area (Å²) in [4.78, 5) is 28.0. The van der Waals surface area contributed by atoms with E-state index in [4.69, 9.17) is 0 Å². The fourth-order valence-electron chi connectivity index (χ4n) is 4.40. The molecule has 2 amide bonds. The Morgan fingerprint density at radius 3 is 2.12 bits per heavy atom. The Labute approximate surface area is 195 Å². The van der Waals surface area contributed by atoms with E-state index in [1.165, 1.54) is 0 Å². The molecule has 3 aromatic rings. The lowest BCUT2D eigenvalue weighted by atomic mass is 10.0. The lowest BCUT2D eigenvalue weighted by Crippen LogP contribution is -2.45. The second kappa shape index (κ2) is 10.3. The van der Waals surface area contributed by atoms with Crippen LogP contribution in [0.25, 0.3) is 0 Å². The van der Waals surface area contributed by atoms with Crippen molar-refractivity contribution in [2.45, 2.75) is 38.8 Å². The van der Waals surface area contributed by atoms with Gasteiger partial charge in [0.05, 0.1) is 11.6 Å². The first-order chi connectivity index (χ1) is 16.0. The van der Waals surface area contributed by atoms with Crippen molar-refractivity contribution in [2.24, 2.45) is 0 Å². The van der Waals surface area contributed by atoms with Gasteiger partial charge in [-0.1, -0.05) is 60.7 Å². The highest BCUT2D eigenvalue weighted by molar-refractivity contribution is 6.00. The van der Waals surface area contributed by atoms with Crippen LogP contribution in [0.3, 0.4) is 0 Å². The number of anilines is 1.